The van der Waals surface area contributed by atoms with Gasteiger partial charge in [-0.15, -0.1) is 0 Å². The summed E-state index contributed by atoms with van der Waals surface area (Å²) in [5.74, 6) is -1.17. The van der Waals surface area contributed by atoms with Crippen LogP contribution in [-0.2, 0) is 23.1 Å². The Kier molecular flexibility index (Phi) is 7.06. The SMILES string of the molecule is COC(=O)Cn1cc(-c2cc(C(N)=O)c(OCCS(C)(C)C)c(C)c2F)c2c(=O)n(C)cnc21. The van der Waals surface area contributed by atoms with Gasteiger partial charge in [-0.25, -0.2) is 19.4 Å². The summed E-state index contributed by atoms with van der Waals surface area (Å²) in [4.78, 5) is 41.4. The van der Waals surface area contributed by atoms with Crippen molar-refractivity contribution in [1.82, 2.24) is 14.1 Å². The van der Waals surface area contributed by atoms with E-state index < -0.39 is 33.3 Å². The second-order valence-electron chi connectivity index (χ2n) is 8.85. The van der Waals surface area contributed by atoms with E-state index in [4.69, 9.17) is 15.2 Å². The Labute approximate surface area is 198 Å². The first-order valence-corrected chi connectivity index (χ1v) is 13.4. The minimum absolute atomic E-state index is 0.00684. The van der Waals surface area contributed by atoms with E-state index in [0.29, 0.717) is 6.61 Å². The molecule has 0 saturated carbocycles. The van der Waals surface area contributed by atoms with Crippen LogP contribution in [0.15, 0.2) is 23.4 Å². The Bertz CT molecular complexity index is 1340. The molecule has 1 amide bonds. The van der Waals surface area contributed by atoms with Crippen LogP contribution in [0.4, 0.5) is 4.39 Å². The number of fused-ring (bicyclic) bond motifs is 1. The molecule has 1 aromatic carbocycles. The first-order chi connectivity index (χ1) is 15.9. The van der Waals surface area contributed by atoms with E-state index in [9.17, 15) is 14.4 Å². The number of halogens is 1. The molecule has 0 bridgehead atoms. The van der Waals surface area contributed by atoms with Gasteiger partial charge in [-0.3, -0.25) is 14.4 Å². The third-order valence-corrected chi connectivity index (χ3v) is 6.79. The van der Waals surface area contributed by atoms with E-state index in [0.717, 1.165) is 5.75 Å². The lowest BCUT2D eigenvalue weighted by atomic mass is 9.98. The van der Waals surface area contributed by atoms with Gasteiger partial charge in [-0.2, -0.15) is 0 Å². The molecule has 3 aromatic rings. The normalized spacial score (nSPS) is 12.1. The molecule has 34 heavy (non-hydrogen) atoms. The van der Waals surface area contributed by atoms with Gasteiger partial charge >= 0.3 is 5.97 Å². The fourth-order valence-electron chi connectivity index (χ4n) is 3.53. The molecule has 184 valence electrons. The zero-order valence-corrected chi connectivity index (χ0v) is 20.9. The Morgan fingerprint density at radius 2 is 1.91 bits per heavy atom. The van der Waals surface area contributed by atoms with Crippen molar-refractivity contribution >= 4 is 32.9 Å². The summed E-state index contributed by atoms with van der Waals surface area (Å²) in [6.07, 6.45) is 9.14. The van der Waals surface area contributed by atoms with Gasteiger partial charge in [-0.05, 0) is 31.8 Å². The quantitative estimate of drug-likeness (QED) is 0.482. The maximum atomic E-state index is 15.7. The number of benzene rings is 1. The average Bonchev–Trinajstić information content (AvgIpc) is 3.11. The van der Waals surface area contributed by atoms with Crippen LogP contribution in [0, 0.1) is 12.7 Å². The predicted octanol–water partition coefficient (Wildman–Crippen LogP) is 2.19. The topological polar surface area (TPSA) is 118 Å². The van der Waals surface area contributed by atoms with Crippen LogP contribution < -0.4 is 16.0 Å². The van der Waals surface area contributed by atoms with Crippen molar-refractivity contribution in [2.75, 3.05) is 38.2 Å². The van der Waals surface area contributed by atoms with Gasteiger partial charge in [0.05, 0.1) is 31.0 Å². The van der Waals surface area contributed by atoms with Crippen LogP contribution in [0.25, 0.3) is 22.2 Å². The number of esters is 1. The molecule has 0 fully saturated rings. The van der Waals surface area contributed by atoms with E-state index in [-0.39, 0.29) is 45.6 Å². The number of nitrogens with two attached hydrogens (primary N) is 1. The fourth-order valence-corrected chi connectivity index (χ4v) is 4.11. The Hall–Kier alpha value is -3.34. The number of aromatic nitrogens is 3. The van der Waals surface area contributed by atoms with Crippen molar-refractivity contribution in [3.05, 3.63) is 45.9 Å². The maximum absolute atomic E-state index is 15.7. The minimum atomic E-state index is -0.864. The lowest BCUT2D eigenvalue weighted by molar-refractivity contribution is -0.141. The molecule has 0 spiro atoms. The summed E-state index contributed by atoms with van der Waals surface area (Å²) in [6, 6.07) is 1.29. The van der Waals surface area contributed by atoms with Crippen LogP contribution in [0.3, 0.4) is 0 Å². The summed E-state index contributed by atoms with van der Waals surface area (Å²) >= 11 is 0. The summed E-state index contributed by atoms with van der Waals surface area (Å²) in [5.41, 5.74) is 5.64. The number of ether oxygens (including phenoxy) is 2. The average molecular weight is 493 g/mol. The standard InChI is InChI=1S/C23H29FN4O5S/c1-13-19(24)14(9-15(21(25)30)20(13)33-7-8-34(4,5)6)16-10-28(11-17(29)32-3)22-18(16)23(31)27(2)12-26-22/h9-10,12H,7-8,11H2,1-6H3,(H2,25,30). The number of carbonyl (C=O) groups is 2. The first-order valence-electron chi connectivity index (χ1n) is 10.4. The number of primary amides is 1. The monoisotopic (exact) mass is 492 g/mol. The predicted molar refractivity (Wildman–Crippen MR) is 131 cm³/mol. The van der Waals surface area contributed by atoms with E-state index in [2.05, 4.69) is 23.8 Å². The van der Waals surface area contributed by atoms with Gasteiger partial charge in [0, 0.05) is 35.7 Å². The van der Waals surface area contributed by atoms with Crippen molar-refractivity contribution in [1.29, 1.82) is 0 Å². The van der Waals surface area contributed by atoms with E-state index >= 15 is 4.39 Å². The maximum Gasteiger partial charge on any atom is 0.325 e. The van der Waals surface area contributed by atoms with Gasteiger partial charge in [0.1, 0.15) is 23.8 Å². The summed E-state index contributed by atoms with van der Waals surface area (Å²) in [6.45, 7) is 1.57. The van der Waals surface area contributed by atoms with Crippen LogP contribution in [0.2, 0.25) is 0 Å². The largest absolute Gasteiger partial charge is 0.492 e. The molecule has 0 aliphatic heterocycles. The number of nitrogens with zero attached hydrogens (tertiary/aromatic N) is 3. The third-order valence-electron chi connectivity index (χ3n) is 5.40. The lowest BCUT2D eigenvalue weighted by Crippen LogP contribution is -2.19. The van der Waals surface area contributed by atoms with Crippen molar-refractivity contribution < 1.29 is 23.5 Å². The Balaban J connectivity index is 2.24. The minimum Gasteiger partial charge on any atom is -0.492 e. The highest BCUT2D eigenvalue weighted by molar-refractivity contribution is 8.32. The van der Waals surface area contributed by atoms with Gasteiger partial charge in [0.15, 0.2) is 0 Å². The molecule has 2 N–H and O–H groups in total. The van der Waals surface area contributed by atoms with Crippen LogP contribution in [0.1, 0.15) is 15.9 Å². The molecule has 0 aliphatic carbocycles. The number of hydrogen-bond acceptors (Lipinski definition) is 6. The molecular weight excluding hydrogens is 463 g/mol. The van der Waals surface area contributed by atoms with Crippen molar-refractivity contribution in [2.24, 2.45) is 12.8 Å². The summed E-state index contributed by atoms with van der Waals surface area (Å²) < 4.78 is 28.9. The molecular formula is C23H29FN4O5S. The number of methoxy groups -OCH3 is 1. The molecule has 0 radical (unpaired) electrons. The van der Waals surface area contributed by atoms with Crippen molar-refractivity contribution in [3.63, 3.8) is 0 Å². The second kappa shape index (κ2) is 9.49. The second-order valence-corrected chi connectivity index (χ2v) is 13.4. The van der Waals surface area contributed by atoms with Gasteiger partial charge in [-0.1, -0.05) is 0 Å². The van der Waals surface area contributed by atoms with Crippen LogP contribution in [0.5, 0.6) is 5.75 Å². The molecule has 0 saturated heterocycles. The molecule has 0 atom stereocenters. The Morgan fingerprint density at radius 1 is 1.24 bits per heavy atom. The molecule has 0 unspecified atom stereocenters. The first kappa shape index (κ1) is 25.3. The van der Waals surface area contributed by atoms with E-state index in [1.807, 2.05) is 0 Å². The zero-order chi connectivity index (χ0) is 25.4. The van der Waals surface area contributed by atoms with Crippen LogP contribution in [-0.4, -0.2) is 64.2 Å². The number of hydrogen-bond donors (Lipinski definition) is 1. The highest BCUT2D eigenvalue weighted by Gasteiger charge is 2.25. The van der Waals surface area contributed by atoms with E-state index in [1.54, 1.807) is 0 Å². The number of carbonyl (C=O) groups excluding carboxylic acids is 2. The molecule has 11 heteroatoms. The smallest absolute Gasteiger partial charge is 0.325 e. The van der Waals surface area contributed by atoms with Crippen molar-refractivity contribution in [2.45, 2.75) is 13.5 Å². The highest BCUT2D eigenvalue weighted by atomic mass is 32.3. The van der Waals surface area contributed by atoms with Crippen LogP contribution >= 0.6 is 10.0 Å². The summed E-state index contributed by atoms with van der Waals surface area (Å²) in [5, 5.41) is 0.104. The molecule has 3 rings (SSSR count). The molecule has 0 aliphatic rings. The van der Waals surface area contributed by atoms with Gasteiger partial charge in [0.25, 0.3) is 11.5 Å². The molecule has 9 nitrogen and oxygen atoms in total. The number of rotatable bonds is 8. The lowest BCUT2D eigenvalue weighted by Gasteiger charge is -2.25. The van der Waals surface area contributed by atoms with Crippen molar-refractivity contribution in [3.8, 4) is 16.9 Å². The fraction of sp³-hybridized carbons (Fsp3) is 0.391. The number of amides is 1. The Morgan fingerprint density at radius 3 is 2.50 bits per heavy atom. The third kappa shape index (κ3) is 4.93. The van der Waals surface area contributed by atoms with Gasteiger partial charge in [0.2, 0.25) is 0 Å². The molecule has 2 aromatic heterocycles. The number of aryl methyl sites for hydroxylation is 1. The van der Waals surface area contributed by atoms with Gasteiger partial charge < -0.3 is 24.3 Å². The van der Waals surface area contributed by atoms with E-state index in [1.165, 1.54) is 48.8 Å². The highest BCUT2D eigenvalue weighted by Crippen LogP contribution is 2.38. The zero-order valence-electron chi connectivity index (χ0n) is 20.1. The summed E-state index contributed by atoms with van der Waals surface area (Å²) in [7, 11) is 1.89. The molecule has 2 heterocycles.